The number of aryl methyl sites for hydroxylation is 1. The van der Waals surface area contributed by atoms with Crippen LogP contribution in [-0.4, -0.2) is 0 Å². The lowest BCUT2D eigenvalue weighted by atomic mass is 9.93. The largest absolute Gasteiger partial charge is 0.372 e. The van der Waals surface area contributed by atoms with Crippen LogP contribution in [0.1, 0.15) is 33.9 Å². The van der Waals surface area contributed by atoms with Crippen molar-refractivity contribution in [3.05, 3.63) is 70.0 Å². The average molecular weight is 272 g/mol. The lowest BCUT2D eigenvalue weighted by molar-refractivity contribution is 0.134. The van der Waals surface area contributed by atoms with Crippen molar-refractivity contribution in [1.29, 1.82) is 0 Å². The van der Waals surface area contributed by atoms with E-state index < -0.39 is 0 Å². The van der Waals surface area contributed by atoms with Gasteiger partial charge >= 0.3 is 0 Å². The SMILES string of the molecule is Cc1ccc(F)cc1C(NN)c1ccc2c(c1)COC2. The van der Waals surface area contributed by atoms with Gasteiger partial charge in [0.05, 0.1) is 19.3 Å². The lowest BCUT2D eigenvalue weighted by Crippen LogP contribution is -2.29. The third-order valence-corrected chi connectivity index (χ3v) is 3.80. The predicted octanol–water partition coefficient (Wildman–Crippen LogP) is 2.72. The molecule has 0 amide bonds. The molecule has 1 atom stereocenters. The van der Waals surface area contributed by atoms with Crippen LogP contribution in [0.15, 0.2) is 36.4 Å². The Labute approximate surface area is 117 Å². The number of nitrogens with two attached hydrogens (primary N) is 1. The Morgan fingerprint density at radius 2 is 1.95 bits per heavy atom. The summed E-state index contributed by atoms with van der Waals surface area (Å²) in [6.45, 7) is 3.24. The Balaban J connectivity index is 2.03. The highest BCUT2D eigenvalue weighted by Crippen LogP contribution is 2.29. The summed E-state index contributed by atoms with van der Waals surface area (Å²) in [7, 11) is 0. The lowest BCUT2D eigenvalue weighted by Gasteiger charge is -2.20. The second-order valence-electron chi connectivity index (χ2n) is 5.12. The Morgan fingerprint density at radius 1 is 1.15 bits per heavy atom. The summed E-state index contributed by atoms with van der Waals surface area (Å²) in [5, 5.41) is 0. The minimum Gasteiger partial charge on any atom is -0.372 e. The molecule has 20 heavy (non-hydrogen) atoms. The minimum atomic E-state index is -0.254. The summed E-state index contributed by atoms with van der Waals surface area (Å²) in [5.74, 6) is 5.44. The molecule has 0 radical (unpaired) electrons. The fourth-order valence-electron chi connectivity index (χ4n) is 2.66. The van der Waals surface area contributed by atoms with Crippen LogP contribution >= 0.6 is 0 Å². The molecular weight excluding hydrogens is 255 g/mol. The number of ether oxygens (including phenoxy) is 1. The molecule has 4 heteroatoms. The van der Waals surface area contributed by atoms with Gasteiger partial charge in [-0.1, -0.05) is 24.3 Å². The van der Waals surface area contributed by atoms with E-state index >= 15 is 0 Å². The minimum absolute atomic E-state index is 0.225. The maximum atomic E-state index is 13.5. The van der Waals surface area contributed by atoms with E-state index in [0.717, 1.165) is 16.7 Å². The smallest absolute Gasteiger partial charge is 0.123 e. The molecule has 2 aromatic rings. The normalized spacial score (nSPS) is 15.2. The molecule has 1 heterocycles. The third-order valence-electron chi connectivity index (χ3n) is 3.80. The predicted molar refractivity (Wildman–Crippen MR) is 75.2 cm³/mol. The molecule has 1 aliphatic rings. The molecule has 104 valence electrons. The number of hydrogen-bond acceptors (Lipinski definition) is 3. The molecule has 1 unspecified atom stereocenters. The van der Waals surface area contributed by atoms with Gasteiger partial charge in [0.15, 0.2) is 0 Å². The van der Waals surface area contributed by atoms with Crippen LogP contribution in [0.4, 0.5) is 4.39 Å². The molecule has 3 N–H and O–H groups in total. The van der Waals surface area contributed by atoms with Crippen molar-refractivity contribution in [3.63, 3.8) is 0 Å². The molecule has 0 bridgehead atoms. The van der Waals surface area contributed by atoms with Crippen molar-refractivity contribution in [2.45, 2.75) is 26.2 Å². The second kappa shape index (κ2) is 5.32. The molecule has 0 aromatic heterocycles. The summed E-state index contributed by atoms with van der Waals surface area (Å²) in [5.41, 5.74) is 8.05. The van der Waals surface area contributed by atoms with E-state index in [9.17, 15) is 4.39 Å². The topological polar surface area (TPSA) is 47.3 Å². The number of benzene rings is 2. The maximum absolute atomic E-state index is 13.5. The van der Waals surface area contributed by atoms with E-state index in [2.05, 4.69) is 17.6 Å². The van der Waals surface area contributed by atoms with E-state index in [4.69, 9.17) is 10.6 Å². The molecule has 0 aliphatic carbocycles. The zero-order valence-electron chi connectivity index (χ0n) is 11.3. The molecule has 0 fully saturated rings. The number of halogens is 1. The fourth-order valence-corrected chi connectivity index (χ4v) is 2.66. The standard InChI is InChI=1S/C16H17FN2O/c1-10-2-5-14(17)7-15(10)16(19-18)11-3-4-12-8-20-9-13(12)6-11/h2-7,16,19H,8-9,18H2,1H3. The number of hydrazine groups is 1. The zero-order valence-corrected chi connectivity index (χ0v) is 11.3. The Bertz CT molecular complexity index is 642. The van der Waals surface area contributed by atoms with Crippen LogP contribution in [0.3, 0.4) is 0 Å². The van der Waals surface area contributed by atoms with E-state index in [0.29, 0.717) is 13.2 Å². The van der Waals surface area contributed by atoms with Crippen molar-refractivity contribution in [1.82, 2.24) is 5.43 Å². The van der Waals surface area contributed by atoms with Gasteiger partial charge in [-0.15, -0.1) is 0 Å². The van der Waals surface area contributed by atoms with Crippen LogP contribution in [0.25, 0.3) is 0 Å². The van der Waals surface area contributed by atoms with E-state index in [1.165, 1.54) is 23.3 Å². The van der Waals surface area contributed by atoms with Gasteiger partial charge in [-0.3, -0.25) is 5.84 Å². The summed E-state index contributed by atoms with van der Waals surface area (Å²) in [4.78, 5) is 0. The van der Waals surface area contributed by atoms with Crippen molar-refractivity contribution in [2.24, 2.45) is 5.84 Å². The molecular formula is C16H17FN2O. The van der Waals surface area contributed by atoms with Crippen LogP contribution in [0, 0.1) is 12.7 Å². The first kappa shape index (κ1) is 13.2. The first-order valence-electron chi connectivity index (χ1n) is 6.60. The van der Waals surface area contributed by atoms with Crippen LogP contribution < -0.4 is 11.3 Å². The number of nitrogens with one attached hydrogen (secondary N) is 1. The van der Waals surface area contributed by atoms with Gasteiger partial charge in [0.25, 0.3) is 0 Å². The van der Waals surface area contributed by atoms with Crippen LogP contribution in [0.5, 0.6) is 0 Å². The van der Waals surface area contributed by atoms with Crippen LogP contribution in [-0.2, 0) is 18.0 Å². The van der Waals surface area contributed by atoms with Gasteiger partial charge in [-0.05, 0) is 46.9 Å². The molecule has 0 saturated heterocycles. The molecule has 0 spiro atoms. The van der Waals surface area contributed by atoms with Gasteiger partial charge in [0.2, 0.25) is 0 Å². The van der Waals surface area contributed by atoms with Gasteiger partial charge in [-0.25, -0.2) is 9.82 Å². The van der Waals surface area contributed by atoms with Gasteiger partial charge in [0, 0.05) is 0 Å². The quantitative estimate of drug-likeness (QED) is 0.667. The van der Waals surface area contributed by atoms with Crippen molar-refractivity contribution >= 4 is 0 Å². The maximum Gasteiger partial charge on any atom is 0.123 e. The Morgan fingerprint density at radius 3 is 2.75 bits per heavy atom. The Hall–Kier alpha value is -1.75. The number of hydrogen-bond donors (Lipinski definition) is 2. The average Bonchev–Trinajstić information content (AvgIpc) is 2.91. The number of rotatable bonds is 3. The summed E-state index contributed by atoms with van der Waals surface area (Å²) in [6.07, 6.45) is 0. The molecule has 2 aromatic carbocycles. The van der Waals surface area contributed by atoms with Crippen molar-refractivity contribution in [3.8, 4) is 0 Å². The highest BCUT2D eigenvalue weighted by Gasteiger charge is 2.18. The second-order valence-corrected chi connectivity index (χ2v) is 5.12. The first-order chi connectivity index (χ1) is 9.69. The summed E-state index contributed by atoms with van der Waals surface area (Å²) < 4.78 is 18.9. The number of fused-ring (bicyclic) bond motifs is 1. The summed E-state index contributed by atoms with van der Waals surface area (Å²) in [6, 6.07) is 10.7. The third kappa shape index (κ3) is 2.33. The fraction of sp³-hybridized carbons (Fsp3) is 0.250. The molecule has 3 rings (SSSR count). The van der Waals surface area contributed by atoms with Gasteiger partial charge in [-0.2, -0.15) is 0 Å². The highest BCUT2D eigenvalue weighted by molar-refractivity contribution is 5.41. The zero-order chi connectivity index (χ0) is 14.1. The van der Waals surface area contributed by atoms with E-state index in [1.54, 1.807) is 6.07 Å². The van der Waals surface area contributed by atoms with Gasteiger partial charge in [0.1, 0.15) is 5.82 Å². The van der Waals surface area contributed by atoms with Crippen LogP contribution in [0.2, 0.25) is 0 Å². The molecule has 1 aliphatic heterocycles. The van der Waals surface area contributed by atoms with Crippen molar-refractivity contribution in [2.75, 3.05) is 0 Å². The summed E-state index contributed by atoms with van der Waals surface area (Å²) >= 11 is 0. The van der Waals surface area contributed by atoms with E-state index in [1.807, 2.05) is 13.0 Å². The molecule has 0 saturated carbocycles. The van der Waals surface area contributed by atoms with Crippen molar-refractivity contribution < 1.29 is 9.13 Å². The first-order valence-corrected chi connectivity index (χ1v) is 6.60. The van der Waals surface area contributed by atoms with Gasteiger partial charge < -0.3 is 4.74 Å². The highest BCUT2D eigenvalue weighted by atomic mass is 19.1. The Kier molecular flexibility index (Phi) is 3.53. The molecule has 3 nitrogen and oxygen atoms in total. The van der Waals surface area contributed by atoms with E-state index in [-0.39, 0.29) is 11.9 Å². The monoisotopic (exact) mass is 272 g/mol.